The van der Waals surface area contributed by atoms with Crippen molar-refractivity contribution in [2.45, 2.75) is 39.0 Å². The van der Waals surface area contributed by atoms with E-state index in [9.17, 15) is 4.79 Å². The lowest BCUT2D eigenvalue weighted by Gasteiger charge is -2.16. The Labute approximate surface area is 161 Å². The average Bonchev–Trinajstić information content (AvgIpc) is 3.21. The van der Waals surface area contributed by atoms with Crippen molar-refractivity contribution in [2.24, 2.45) is 0 Å². The molecule has 0 spiro atoms. The van der Waals surface area contributed by atoms with Gasteiger partial charge in [-0.2, -0.15) is 0 Å². The van der Waals surface area contributed by atoms with E-state index in [4.69, 9.17) is 9.47 Å². The summed E-state index contributed by atoms with van der Waals surface area (Å²) < 4.78 is 10.8. The lowest BCUT2D eigenvalue weighted by atomic mass is 10.1. The summed E-state index contributed by atoms with van der Waals surface area (Å²) in [5.74, 6) is 1.27. The Balaban J connectivity index is 1.44. The van der Waals surface area contributed by atoms with Crippen LogP contribution in [0.25, 0.3) is 0 Å². The Morgan fingerprint density at radius 3 is 2.22 bits per heavy atom. The van der Waals surface area contributed by atoms with Crippen LogP contribution in [-0.4, -0.2) is 37.1 Å². The highest BCUT2D eigenvalue weighted by atomic mass is 16.5. The molecule has 1 aliphatic rings. The molecule has 0 aromatic heterocycles. The van der Waals surface area contributed by atoms with E-state index in [-0.39, 0.29) is 5.91 Å². The van der Waals surface area contributed by atoms with Gasteiger partial charge in [-0.1, -0.05) is 24.3 Å². The zero-order valence-corrected chi connectivity index (χ0v) is 16.1. The molecule has 2 aromatic rings. The van der Waals surface area contributed by atoms with Gasteiger partial charge in [-0.15, -0.1) is 0 Å². The van der Waals surface area contributed by atoms with Gasteiger partial charge in [-0.05, 0) is 68.2 Å². The first-order chi connectivity index (χ1) is 13.1. The van der Waals surface area contributed by atoms with Gasteiger partial charge in [-0.3, -0.25) is 9.69 Å². The highest BCUT2D eigenvalue weighted by Crippen LogP contribution is 2.18. The number of nitrogens with one attached hydrogen (secondary N) is 1. The van der Waals surface area contributed by atoms with Crippen molar-refractivity contribution < 1.29 is 14.3 Å². The number of carbonyl (C=O) groups excluding carboxylic acids is 1. The molecule has 2 aromatic carbocycles. The van der Waals surface area contributed by atoms with Crippen LogP contribution in [0.5, 0.6) is 11.5 Å². The van der Waals surface area contributed by atoms with Crippen molar-refractivity contribution in [3.63, 3.8) is 0 Å². The van der Waals surface area contributed by atoms with Crippen LogP contribution in [0.4, 0.5) is 0 Å². The highest BCUT2D eigenvalue weighted by Gasteiger charge is 2.15. The molecule has 1 N–H and O–H groups in total. The number of rotatable bonds is 8. The second kappa shape index (κ2) is 9.42. The third-order valence-corrected chi connectivity index (χ3v) is 4.84. The molecule has 0 bridgehead atoms. The van der Waals surface area contributed by atoms with Gasteiger partial charge in [0.1, 0.15) is 11.5 Å². The van der Waals surface area contributed by atoms with E-state index >= 15 is 0 Å². The van der Waals surface area contributed by atoms with E-state index in [1.807, 2.05) is 12.1 Å². The maximum absolute atomic E-state index is 12.3. The number of nitrogens with zero attached hydrogens (tertiary/aromatic N) is 1. The zero-order chi connectivity index (χ0) is 19.1. The number of benzene rings is 2. The molecule has 1 heterocycles. The Kier molecular flexibility index (Phi) is 6.71. The zero-order valence-electron chi connectivity index (χ0n) is 16.1. The molecule has 1 atom stereocenters. The van der Waals surface area contributed by atoms with E-state index in [0.29, 0.717) is 12.3 Å². The van der Waals surface area contributed by atoms with E-state index in [1.54, 1.807) is 26.2 Å². The van der Waals surface area contributed by atoms with Gasteiger partial charge in [0.25, 0.3) is 5.91 Å². The second-order valence-corrected chi connectivity index (χ2v) is 6.95. The van der Waals surface area contributed by atoms with Gasteiger partial charge < -0.3 is 14.8 Å². The molecule has 1 saturated heterocycles. The Morgan fingerprint density at radius 2 is 1.59 bits per heavy atom. The van der Waals surface area contributed by atoms with Crippen LogP contribution in [0, 0.1) is 0 Å². The minimum absolute atomic E-state index is 0.132. The molecule has 5 heteroatoms. The number of hydrogen-bond donors (Lipinski definition) is 1. The molecule has 1 fully saturated rings. The van der Waals surface area contributed by atoms with E-state index in [2.05, 4.69) is 34.5 Å². The molecule has 5 nitrogen and oxygen atoms in total. The quantitative estimate of drug-likeness (QED) is 0.776. The summed E-state index contributed by atoms with van der Waals surface area (Å²) in [7, 11) is 1.62. The van der Waals surface area contributed by atoms with Crippen LogP contribution in [0.15, 0.2) is 48.5 Å². The number of hydrogen-bond acceptors (Lipinski definition) is 4. The third-order valence-electron chi connectivity index (χ3n) is 4.84. The smallest absolute Gasteiger partial charge is 0.261 e. The van der Waals surface area contributed by atoms with Crippen LogP contribution in [-0.2, 0) is 17.9 Å². The van der Waals surface area contributed by atoms with Gasteiger partial charge >= 0.3 is 0 Å². The normalized spacial score (nSPS) is 15.3. The number of methoxy groups -OCH3 is 1. The summed E-state index contributed by atoms with van der Waals surface area (Å²) in [4.78, 5) is 14.8. The molecule has 1 amide bonds. The van der Waals surface area contributed by atoms with Gasteiger partial charge in [0.15, 0.2) is 6.10 Å². The summed E-state index contributed by atoms with van der Waals surface area (Å²) in [5, 5.41) is 2.94. The monoisotopic (exact) mass is 368 g/mol. The SMILES string of the molecule is COc1ccc(O[C@H](C)C(=O)NCc2ccc(CN3CCCC3)cc2)cc1. The first kappa shape index (κ1) is 19.2. The summed E-state index contributed by atoms with van der Waals surface area (Å²) in [6.07, 6.45) is 2.05. The fraction of sp³-hybridized carbons (Fsp3) is 0.409. The molecule has 0 saturated carbocycles. The van der Waals surface area contributed by atoms with E-state index < -0.39 is 6.10 Å². The number of amides is 1. The van der Waals surface area contributed by atoms with Crippen molar-refractivity contribution in [2.75, 3.05) is 20.2 Å². The maximum Gasteiger partial charge on any atom is 0.261 e. The summed E-state index contributed by atoms with van der Waals surface area (Å²) in [5.41, 5.74) is 2.41. The van der Waals surface area contributed by atoms with Gasteiger partial charge in [0.2, 0.25) is 0 Å². The molecule has 0 unspecified atom stereocenters. The number of ether oxygens (including phenoxy) is 2. The standard InChI is InChI=1S/C22H28N2O3/c1-17(27-21-11-9-20(26-2)10-12-21)22(25)23-15-18-5-7-19(8-6-18)16-24-13-3-4-14-24/h5-12,17H,3-4,13-16H2,1-2H3,(H,23,25)/t17-/m1/s1. The van der Waals surface area contributed by atoms with Crippen LogP contribution in [0.2, 0.25) is 0 Å². The molecule has 0 radical (unpaired) electrons. The molecule has 0 aliphatic carbocycles. The number of carbonyl (C=O) groups is 1. The maximum atomic E-state index is 12.3. The van der Waals surface area contributed by atoms with Crippen molar-refractivity contribution in [1.29, 1.82) is 0 Å². The topological polar surface area (TPSA) is 50.8 Å². The molecule has 27 heavy (non-hydrogen) atoms. The minimum atomic E-state index is -0.562. The molecule has 1 aliphatic heterocycles. The van der Waals surface area contributed by atoms with Crippen LogP contribution in [0.1, 0.15) is 30.9 Å². The second-order valence-electron chi connectivity index (χ2n) is 6.95. The Bertz CT molecular complexity index is 722. The van der Waals surface area contributed by atoms with Crippen molar-refractivity contribution >= 4 is 5.91 Å². The average molecular weight is 368 g/mol. The lowest BCUT2D eigenvalue weighted by Crippen LogP contribution is -2.35. The van der Waals surface area contributed by atoms with E-state index in [0.717, 1.165) is 17.9 Å². The predicted octanol–water partition coefficient (Wildman–Crippen LogP) is 3.37. The van der Waals surface area contributed by atoms with Gasteiger partial charge in [0, 0.05) is 13.1 Å². The van der Waals surface area contributed by atoms with Crippen molar-refractivity contribution in [1.82, 2.24) is 10.2 Å². The van der Waals surface area contributed by atoms with Gasteiger partial charge in [-0.25, -0.2) is 0 Å². The molecule has 3 rings (SSSR count). The predicted molar refractivity (Wildman–Crippen MR) is 106 cm³/mol. The fourth-order valence-electron chi connectivity index (χ4n) is 3.21. The van der Waals surface area contributed by atoms with Crippen molar-refractivity contribution in [3.8, 4) is 11.5 Å². The first-order valence-corrected chi connectivity index (χ1v) is 9.52. The highest BCUT2D eigenvalue weighted by molar-refractivity contribution is 5.80. The van der Waals surface area contributed by atoms with Crippen LogP contribution < -0.4 is 14.8 Å². The van der Waals surface area contributed by atoms with E-state index in [1.165, 1.54) is 31.5 Å². The lowest BCUT2D eigenvalue weighted by molar-refractivity contribution is -0.127. The third kappa shape index (κ3) is 5.73. The Morgan fingerprint density at radius 1 is 1.00 bits per heavy atom. The van der Waals surface area contributed by atoms with Crippen molar-refractivity contribution in [3.05, 3.63) is 59.7 Å². The fourth-order valence-corrected chi connectivity index (χ4v) is 3.21. The molecular weight excluding hydrogens is 340 g/mol. The minimum Gasteiger partial charge on any atom is -0.497 e. The summed E-state index contributed by atoms with van der Waals surface area (Å²) >= 11 is 0. The Hall–Kier alpha value is -2.53. The first-order valence-electron chi connectivity index (χ1n) is 9.52. The van der Waals surface area contributed by atoms with Gasteiger partial charge in [0.05, 0.1) is 7.11 Å². The summed E-state index contributed by atoms with van der Waals surface area (Å²) in [6, 6.07) is 15.7. The largest absolute Gasteiger partial charge is 0.497 e. The van der Waals surface area contributed by atoms with Crippen LogP contribution in [0.3, 0.4) is 0 Å². The molecule has 144 valence electrons. The summed E-state index contributed by atoms with van der Waals surface area (Å²) in [6.45, 7) is 5.66. The van der Waals surface area contributed by atoms with Crippen LogP contribution >= 0.6 is 0 Å². The number of likely N-dealkylation sites (tertiary alicyclic amines) is 1. The molecular formula is C22H28N2O3.